The number of furan rings is 1. The zero-order chi connectivity index (χ0) is 21.1. The predicted octanol–water partition coefficient (Wildman–Crippen LogP) is 3.87. The highest BCUT2D eigenvalue weighted by Gasteiger charge is 2.29. The van der Waals surface area contributed by atoms with Crippen LogP contribution in [0.15, 0.2) is 81.0 Å². The van der Waals surface area contributed by atoms with Gasteiger partial charge in [0.15, 0.2) is 0 Å². The Morgan fingerprint density at radius 2 is 1.87 bits per heavy atom. The number of benzene rings is 2. The SMILES string of the molecule is COc1ccccc1N(Cc1nc(-c2ccoc2)no1)S(=O)(=O)c1ccc(F)cc1. The maximum atomic E-state index is 13.4. The van der Waals surface area contributed by atoms with Gasteiger partial charge in [0.05, 0.1) is 29.5 Å². The van der Waals surface area contributed by atoms with E-state index in [0.29, 0.717) is 11.3 Å². The Kier molecular flexibility index (Phi) is 5.23. The van der Waals surface area contributed by atoms with Crippen molar-refractivity contribution in [3.63, 3.8) is 0 Å². The first-order valence-electron chi connectivity index (χ1n) is 8.75. The van der Waals surface area contributed by atoms with E-state index in [1.54, 1.807) is 30.3 Å². The van der Waals surface area contributed by atoms with E-state index >= 15 is 0 Å². The Labute approximate surface area is 171 Å². The molecule has 2 aromatic carbocycles. The number of aromatic nitrogens is 2. The zero-order valence-corrected chi connectivity index (χ0v) is 16.5. The normalized spacial score (nSPS) is 11.4. The van der Waals surface area contributed by atoms with Crippen molar-refractivity contribution in [2.24, 2.45) is 0 Å². The molecule has 0 N–H and O–H groups in total. The van der Waals surface area contributed by atoms with Crippen molar-refractivity contribution in [1.29, 1.82) is 0 Å². The molecule has 2 aromatic heterocycles. The molecule has 4 aromatic rings. The minimum atomic E-state index is -4.11. The van der Waals surface area contributed by atoms with E-state index < -0.39 is 15.8 Å². The third-order valence-corrected chi connectivity index (χ3v) is 6.06. The standard InChI is InChI=1S/C20H16FN3O5S/c1-27-18-5-3-2-4-17(18)24(30(25,26)16-8-6-15(21)7-9-16)12-19-22-20(23-29-19)14-10-11-28-13-14/h2-11,13H,12H2,1H3. The van der Waals surface area contributed by atoms with Gasteiger partial charge in [-0.2, -0.15) is 4.98 Å². The molecule has 0 spiro atoms. The van der Waals surface area contributed by atoms with Crippen LogP contribution in [0.1, 0.15) is 5.89 Å². The minimum Gasteiger partial charge on any atom is -0.495 e. The van der Waals surface area contributed by atoms with Crippen molar-refractivity contribution in [2.75, 3.05) is 11.4 Å². The van der Waals surface area contributed by atoms with Gasteiger partial charge in [0.1, 0.15) is 24.4 Å². The summed E-state index contributed by atoms with van der Waals surface area (Å²) >= 11 is 0. The van der Waals surface area contributed by atoms with Crippen LogP contribution in [-0.4, -0.2) is 25.7 Å². The molecule has 8 nitrogen and oxygen atoms in total. The first-order valence-corrected chi connectivity index (χ1v) is 10.2. The molecule has 4 rings (SSSR count). The third-order valence-electron chi connectivity index (χ3n) is 4.28. The highest BCUT2D eigenvalue weighted by molar-refractivity contribution is 7.92. The predicted molar refractivity (Wildman–Crippen MR) is 105 cm³/mol. The summed E-state index contributed by atoms with van der Waals surface area (Å²) in [7, 11) is -2.67. The molecule has 0 unspecified atom stereocenters. The van der Waals surface area contributed by atoms with Gasteiger partial charge in [-0.15, -0.1) is 0 Å². The van der Waals surface area contributed by atoms with Crippen LogP contribution in [0.25, 0.3) is 11.4 Å². The molecule has 0 aliphatic rings. The lowest BCUT2D eigenvalue weighted by Crippen LogP contribution is -2.31. The van der Waals surface area contributed by atoms with Crippen LogP contribution in [-0.2, 0) is 16.6 Å². The van der Waals surface area contributed by atoms with E-state index in [2.05, 4.69) is 10.1 Å². The highest BCUT2D eigenvalue weighted by Crippen LogP contribution is 2.33. The molecule has 0 atom stereocenters. The highest BCUT2D eigenvalue weighted by atomic mass is 32.2. The number of rotatable bonds is 7. The number of methoxy groups -OCH3 is 1. The van der Waals surface area contributed by atoms with Crippen LogP contribution in [0.3, 0.4) is 0 Å². The summed E-state index contributed by atoms with van der Waals surface area (Å²) in [6.45, 7) is -0.259. The number of ether oxygens (including phenoxy) is 1. The van der Waals surface area contributed by atoms with Crippen molar-refractivity contribution in [3.8, 4) is 17.1 Å². The molecular weight excluding hydrogens is 413 g/mol. The van der Waals surface area contributed by atoms with E-state index in [1.165, 1.54) is 31.8 Å². The van der Waals surface area contributed by atoms with Gasteiger partial charge in [-0.1, -0.05) is 17.3 Å². The molecule has 0 radical (unpaired) electrons. The number of anilines is 1. The second-order valence-electron chi connectivity index (χ2n) is 6.16. The molecule has 0 aliphatic carbocycles. The van der Waals surface area contributed by atoms with E-state index in [0.717, 1.165) is 16.4 Å². The Bertz CT molecular complexity index is 1240. The van der Waals surface area contributed by atoms with E-state index in [9.17, 15) is 12.8 Å². The van der Waals surface area contributed by atoms with Crippen LogP contribution < -0.4 is 9.04 Å². The maximum Gasteiger partial charge on any atom is 0.264 e. The molecule has 0 saturated heterocycles. The second-order valence-corrected chi connectivity index (χ2v) is 8.02. The number of halogens is 1. The molecule has 2 heterocycles. The summed E-state index contributed by atoms with van der Waals surface area (Å²) in [5, 5.41) is 3.87. The zero-order valence-electron chi connectivity index (χ0n) is 15.7. The molecule has 154 valence electrons. The molecule has 0 saturated carbocycles. The number of para-hydroxylation sites is 2. The number of hydrogen-bond acceptors (Lipinski definition) is 7. The van der Waals surface area contributed by atoms with Gasteiger partial charge in [0.2, 0.25) is 11.7 Å². The maximum absolute atomic E-state index is 13.4. The van der Waals surface area contributed by atoms with Gasteiger partial charge < -0.3 is 13.7 Å². The summed E-state index contributed by atoms with van der Waals surface area (Å²) in [6, 6.07) is 12.8. The molecule has 0 fully saturated rings. The van der Waals surface area contributed by atoms with E-state index in [4.69, 9.17) is 13.7 Å². The molecule has 0 amide bonds. The molecule has 30 heavy (non-hydrogen) atoms. The van der Waals surface area contributed by atoms with Crippen molar-refractivity contribution >= 4 is 15.7 Å². The number of hydrogen-bond donors (Lipinski definition) is 0. The summed E-state index contributed by atoms with van der Waals surface area (Å²) in [6.07, 6.45) is 2.91. The van der Waals surface area contributed by atoms with Gasteiger partial charge >= 0.3 is 0 Å². The Morgan fingerprint density at radius 1 is 1.10 bits per heavy atom. The van der Waals surface area contributed by atoms with Crippen molar-refractivity contribution < 1.29 is 26.5 Å². The largest absolute Gasteiger partial charge is 0.495 e. The molecule has 10 heteroatoms. The Balaban J connectivity index is 1.77. The lowest BCUT2D eigenvalue weighted by Gasteiger charge is -2.24. The summed E-state index contributed by atoms with van der Waals surface area (Å²) in [5.74, 6) is 0.109. The third kappa shape index (κ3) is 3.77. The fraction of sp³-hybridized carbons (Fsp3) is 0.100. The Hall–Kier alpha value is -3.66. The van der Waals surface area contributed by atoms with E-state index in [-0.39, 0.29) is 28.8 Å². The lowest BCUT2D eigenvalue weighted by molar-refractivity contribution is 0.379. The molecular formula is C20H16FN3O5S. The van der Waals surface area contributed by atoms with Gasteiger partial charge in [0.25, 0.3) is 10.0 Å². The van der Waals surface area contributed by atoms with Crippen LogP contribution in [0.4, 0.5) is 10.1 Å². The van der Waals surface area contributed by atoms with Crippen molar-refractivity contribution in [2.45, 2.75) is 11.4 Å². The average Bonchev–Trinajstić information content (AvgIpc) is 3.44. The number of sulfonamides is 1. The summed E-state index contributed by atoms with van der Waals surface area (Å²) in [4.78, 5) is 4.16. The van der Waals surface area contributed by atoms with Gasteiger partial charge in [-0.3, -0.25) is 4.31 Å². The molecule has 0 aliphatic heterocycles. The monoisotopic (exact) mass is 429 g/mol. The quantitative estimate of drug-likeness (QED) is 0.440. The fourth-order valence-corrected chi connectivity index (χ4v) is 4.24. The first-order chi connectivity index (χ1) is 14.5. The van der Waals surface area contributed by atoms with Crippen LogP contribution in [0.2, 0.25) is 0 Å². The van der Waals surface area contributed by atoms with Gasteiger partial charge in [-0.05, 0) is 42.5 Å². The summed E-state index contributed by atoms with van der Waals surface area (Å²) in [5.41, 5.74) is 0.864. The van der Waals surface area contributed by atoms with Gasteiger partial charge in [-0.25, -0.2) is 12.8 Å². The molecule has 0 bridgehead atoms. The van der Waals surface area contributed by atoms with Crippen LogP contribution in [0, 0.1) is 5.82 Å². The van der Waals surface area contributed by atoms with Crippen LogP contribution in [0.5, 0.6) is 5.75 Å². The Morgan fingerprint density at radius 3 is 2.57 bits per heavy atom. The van der Waals surface area contributed by atoms with Crippen LogP contribution >= 0.6 is 0 Å². The number of nitrogens with zero attached hydrogens (tertiary/aromatic N) is 3. The van der Waals surface area contributed by atoms with Crippen molar-refractivity contribution in [1.82, 2.24) is 10.1 Å². The van der Waals surface area contributed by atoms with E-state index in [1.807, 2.05) is 0 Å². The lowest BCUT2D eigenvalue weighted by atomic mass is 10.3. The smallest absolute Gasteiger partial charge is 0.264 e. The fourth-order valence-electron chi connectivity index (χ4n) is 2.82. The first kappa shape index (κ1) is 19.6. The summed E-state index contributed by atoms with van der Waals surface area (Å²) < 4.78 is 56.8. The average molecular weight is 429 g/mol. The van der Waals surface area contributed by atoms with Gasteiger partial charge in [0, 0.05) is 0 Å². The second kappa shape index (κ2) is 7.99. The minimum absolute atomic E-state index is 0.0581. The topological polar surface area (TPSA) is 98.7 Å². The van der Waals surface area contributed by atoms with Crippen molar-refractivity contribution in [3.05, 3.63) is 78.8 Å².